The Morgan fingerprint density at radius 3 is 2.44 bits per heavy atom. The van der Waals surface area contributed by atoms with Gasteiger partial charge in [-0.2, -0.15) is 13.2 Å². The van der Waals surface area contributed by atoms with E-state index in [1.807, 2.05) is 0 Å². The maximum Gasteiger partial charge on any atom is 0.416 e. The second kappa shape index (κ2) is 4.70. The molecule has 1 nitrogen and oxygen atoms in total. The molecule has 16 heavy (non-hydrogen) atoms. The highest BCUT2D eigenvalue weighted by atomic mass is 19.4. The van der Waals surface area contributed by atoms with Crippen LogP contribution in [0.15, 0.2) is 24.3 Å². The van der Waals surface area contributed by atoms with Crippen LogP contribution in [0.2, 0.25) is 0 Å². The van der Waals surface area contributed by atoms with Crippen molar-refractivity contribution in [3.8, 4) is 0 Å². The van der Waals surface area contributed by atoms with Crippen molar-refractivity contribution < 1.29 is 13.2 Å². The minimum absolute atomic E-state index is 0.235. The predicted octanol–water partition coefficient (Wildman–Crippen LogP) is 3.59. The van der Waals surface area contributed by atoms with Crippen LogP contribution in [0, 0.1) is 0 Å². The van der Waals surface area contributed by atoms with E-state index in [4.69, 9.17) is 5.73 Å². The first kappa shape index (κ1) is 12.8. The zero-order valence-electron chi connectivity index (χ0n) is 9.23. The fourth-order valence-corrected chi connectivity index (χ4v) is 1.45. The molecule has 0 atom stereocenters. The average molecular weight is 229 g/mol. The average Bonchev–Trinajstić information content (AvgIpc) is 2.25. The number of rotatable bonds is 2. The third kappa shape index (κ3) is 2.64. The van der Waals surface area contributed by atoms with Gasteiger partial charge in [-0.1, -0.05) is 12.1 Å². The molecule has 1 aromatic carbocycles. The van der Waals surface area contributed by atoms with E-state index in [1.54, 1.807) is 19.9 Å². The van der Waals surface area contributed by atoms with Crippen LogP contribution in [0.3, 0.4) is 0 Å². The van der Waals surface area contributed by atoms with Gasteiger partial charge in [-0.15, -0.1) is 0 Å². The largest absolute Gasteiger partial charge is 0.416 e. The third-order valence-electron chi connectivity index (χ3n) is 2.51. The summed E-state index contributed by atoms with van der Waals surface area (Å²) in [7, 11) is 0. The summed E-state index contributed by atoms with van der Waals surface area (Å²) in [5, 5.41) is 0. The molecule has 4 heteroatoms. The van der Waals surface area contributed by atoms with Crippen molar-refractivity contribution in [2.24, 2.45) is 5.73 Å². The Morgan fingerprint density at radius 2 is 2.00 bits per heavy atom. The molecule has 0 aromatic heterocycles. The van der Waals surface area contributed by atoms with Crippen molar-refractivity contribution >= 4 is 5.57 Å². The number of benzene rings is 1. The quantitative estimate of drug-likeness (QED) is 0.824. The van der Waals surface area contributed by atoms with E-state index >= 15 is 0 Å². The molecule has 0 fully saturated rings. The maximum absolute atomic E-state index is 12.5. The van der Waals surface area contributed by atoms with Crippen LogP contribution in [-0.2, 0) is 12.7 Å². The monoisotopic (exact) mass is 229 g/mol. The second-order valence-electron chi connectivity index (χ2n) is 3.55. The Balaban J connectivity index is 3.33. The van der Waals surface area contributed by atoms with Crippen LogP contribution in [0.4, 0.5) is 13.2 Å². The predicted molar refractivity (Wildman–Crippen MR) is 58.7 cm³/mol. The van der Waals surface area contributed by atoms with Gasteiger partial charge in [0, 0.05) is 6.54 Å². The summed E-state index contributed by atoms with van der Waals surface area (Å²) >= 11 is 0. The first-order valence-electron chi connectivity index (χ1n) is 4.93. The maximum atomic E-state index is 12.5. The molecule has 0 aliphatic rings. The summed E-state index contributed by atoms with van der Waals surface area (Å²) in [6, 6.07) is 3.65. The molecule has 0 radical (unpaired) electrons. The molecule has 0 amide bonds. The number of nitrogens with two attached hydrogens (primary N) is 1. The molecule has 1 aromatic rings. The molecule has 0 bridgehead atoms. The Labute approximate surface area is 92.8 Å². The Kier molecular flexibility index (Phi) is 3.75. The number of alkyl halides is 3. The molecule has 0 spiro atoms. The standard InChI is InChI=1S/C12H14F3N/c1-3-8(2)11-6-10(12(13,14)15)5-4-9(11)7-16/h3-6H,7,16H2,1-2H3/b8-3+. The van der Waals surface area contributed by atoms with Crippen LogP contribution >= 0.6 is 0 Å². The first-order chi connectivity index (χ1) is 7.40. The van der Waals surface area contributed by atoms with Crippen LogP contribution < -0.4 is 5.73 Å². The SMILES string of the molecule is C/C=C(\C)c1cc(C(F)(F)F)ccc1CN. The van der Waals surface area contributed by atoms with E-state index in [9.17, 15) is 13.2 Å². The number of halogens is 3. The van der Waals surface area contributed by atoms with Gasteiger partial charge in [0.25, 0.3) is 0 Å². The van der Waals surface area contributed by atoms with Crippen molar-refractivity contribution in [3.63, 3.8) is 0 Å². The molecule has 0 heterocycles. The van der Waals surface area contributed by atoms with Gasteiger partial charge in [-0.05, 0) is 42.7 Å². The van der Waals surface area contributed by atoms with Crippen molar-refractivity contribution in [2.75, 3.05) is 0 Å². The summed E-state index contributed by atoms with van der Waals surface area (Å²) in [6.45, 7) is 3.79. The molecule has 88 valence electrons. The molecular formula is C12H14F3N. The molecular weight excluding hydrogens is 215 g/mol. The lowest BCUT2D eigenvalue weighted by Crippen LogP contribution is -2.08. The number of hydrogen-bond acceptors (Lipinski definition) is 1. The van der Waals surface area contributed by atoms with Gasteiger partial charge in [0.05, 0.1) is 5.56 Å². The third-order valence-corrected chi connectivity index (χ3v) is 2.51. The summed E-state index contributed by atoms with van der Waals surface area (Å²) < 4.78 is 37.6. The van der Waals surface area contributed by atoms with E-state index in [0.717, 1.165) is 23.3 Å². The lowest BCUT2D eigenvalue weighted by Gasteiger charge is -2.12. The molecule has 1 rings (SSSR count). The van der Waals surface area contributed by atoms with Gasteiger partial charge in [0.1, 0.15) is 0 Å². The highest BCUT2D eigenvalue weighted by molar-refractivity contribution is 5.67. The Bertz CT molecular complexity index is 405. The fourth-order valence-electron chi connectivity index (χ4n) is 1.45. The van der Waals surface area contributed by atoms with Crippen LogP contribution in [0.5, 0.6) is 0 Å². The summed E-state index contributed by atoms with van der Waals surface area (Å²) in [5.41, 5.74) is 6.95. The molecule has 2 N–H and O–H groups in total. The Morgan fingerprint density at radius 1 is 1.38 bits per heavy atom. The van der Waals surface area contributed by atoms with Gasteiger partial charge in [-0.3, -0.25) is 0 Å². The lowest BCUT2D eigenvalue weighted by atomic mass is 9.98. The van der Waals surface area contributed by atoms with E-state index in [1.165, 1.54) is 6.07 Å². The van der Waals surface area contributed by atoms with Gasteiger partial charge in [0.15, 0.2) is 0 Å². The molecule has 0 saturated heterocycles. The topological polar surface area (TPSA) is 26.0 Å². The molecule has 0 aliphatic heterocycles. The smallest absolute Gasteiger partial charge is 0.326 e. The van der Waals surface area contributed by atoms with E-state index in [-0.39, 0.29) is 6.54 Å². The van der Waals surface area contributed by atoms with Crippen molar-refractivity contribution in [1.29, 1.82) is 0 Å². The van der Waals surface area contributed by atoms with Gasteiger partial charge in [0.2, 0.25) is 0 Å². The minimum Gasteiger partial charge on any atom is -0.326 e. The summed E-state index contributed by atoms with van der Waals surface area (Å²) in [5.74, 6) is 0. The van der Waals surface area contributed by atoms with Crippen molar-refractivity contribution in [3.05, 3.63) is 41.0 Å². The molecule has 0 unspecified atom stereocenters. The molecule has 0 aliphatic carbocycles. The van der Waals surface area contributed by atoms with Gasteiger partial charge < -0.3 is 5.73 Å². The number of allylic oxidation sites excluding steroid dienone is 2. The molecule has 0 saturated carbocycles. The zero-order valence-corrected chi connectivity index (χ0v) is 9.23. The normalized spacial score (nSPS) is 13.0. The first-order valence-corrected chi connectivity index (χ1v) is 4.93. The van der Waals surface area contributed by atoms with E-state index in [2.05, 4.69) is 0 Å². The van der Waals surface area contributed by atoms with Gasteiger partial charge in [-0.25, -0.2) is 0 Å². The van der Waals surface area contributed by atoms with Crippen LogP contribution in [-0.4, -0.2) is 0 Å². The lowest BCUT2D eigenvalue weighted by molar-refractivity contribution is -0.137. The summed E-state index contributed by atoms with van der Waals surface area (Å²) in [4.78, 5) is 0. The summed E-state index contributed by atoms with van der Waals surface area (Å²) in [6.07, 6.45) is -2.54. The van der Waals surface area contributed by atoms with Crippen molar-refractivity contribution in [2.45, 2.75) is 26.6 Å². The van der Waals surface area contributed by atoms with Crippen LogP contribution in [0.1, 0.15) is 30.5 Å². The van der Waals surface area contributed by atoms with Gasteiger partial charge >= 0.3 is 6.18 Å². The van der Waals surface area contributed by atoms with E-state index in [0.29, 0.717) is 5.56 Å². The fraction of sp³-hybridized carbons (Fsp3) is 0.333. The zero-order chi connectivity index (χ0) is 12.3. The minimum atomic E-state index is -4.31. The number of hydrogen-bond donors (Lipinski definition) is 1. The highest BCUT2D eigenvalue weighted by Crippen LogP contribution is 2.32. The van der Waals surface area contributed by atoms with Crippen LogP contribution in [0.25, 0.3) is 5.57 Å². The van der Waals surface area contributed by atoms with Crippen molar-refractivity contribution in [1.82, 2.24) is 0 Å². The second-order valence-corrected chi connectivity index (χ2v) is 3.55. The Hall–Kier alpha value is -1.29. The van der Waals surface area contributed by atoms with E-state index < -0.39 is 11.7 Å². The highest BCUT2D eigenvalue weighted by Gasteiger charge is 2.30.